The van der Waals surface area contributed by atoms with E-state index in [1.165, 1.54) is 0 Å². The van der Waals surface area contributed by atoms with Crippen molar-refractivity contribution in [3.05, 3.63) is 58.2 Å². The van der Waals surface area contributed by atoms with E-state index < -0.39 is 6.17 Å². The maximum Gasteiger partial charge on any atom is 1.00 e. The van der Waals surface area contributed by atoms with E-state index in [0.717, 1.165) is 24.7 Å². The third-order valence-electron chi connectivity index (χ3n) is 4.78. The van der Waals surface area contributed by atoms with E-state index in [9.17, 15) is 4.39 Å². The van der Waals surface area contributed by atoms with Gasteiger partial charge in [-0.05, 0) is 23.9 Å². The van der Waals surface area contributed by atoms with Gasteiger partial charge in [0.1, 0.15) is 6.17 Å². The molecule has 0 radical (unpaired) electrons. The van der Waals surface area contributed by atoms with Crippen molar-refractivity contribution >= 4 is 17.8 Å². The monoisotopic (exact) mass is 414 g/mol. The molecule has 0 bridgehead atoms. The molecule has 1 aromatic heterocycles. The Morgan fingerprint density at radius 1 is 1.44 bits per heavy atom. The van der Waals surface area contributed by atoms with Gasteiger partial charge in [0.05, 0.1) is 19.3 Å². The summed E-state index contributed by atoms with van der Waals surface area (Å²) in [4.78, 5) is 2.16. The van der Waals surface area contributed by atoms with Crippen LogP contribution in [0.5, 0.6) is 0 Å². The summed E-state index contributed by atoms with van der Waals surface area (Å²) in [6, 6.07) is 9.39. The molecule has 2 fully saturated rings. The van der Waals surface area contributed by atoms with Crippen LogP contribution in [-0.4, -0.2) is 59.4 Å². The van der Waals surface area contributed by atoms with Gasteiger partial charge in [-0.1, -0.05) is 0 Å². The average molecular weight is 415 g/mol. The van der Waals surface area contributed by atoms with Crippen molar-refractivity contribution in [3.8, 4) is 0 Å². The van der Waals surface area contributed by atoms with Crippen LogP contribution in [0.4, 0.5) is 4.39 Å². The van der Waals surface area contributed by atoms with Crippen LogP contribution in [0.15, 0.2) is 24.5 Å². The first-order chi connectivity index (χ1) is 12.6. The second kappa shape index (κ2) is 11.2. The summed E-state index contributed by atoms with van der Waals surface area (Å²) in [5.74, 6) is -0.191. The first-order valence-electron chi connectivity index (χ1n) is 8.57. The number of aryl methyl sites for hydroxylation is 1. The Hall–Kier alpha value is -0.124. The van der Waals surface area contributed by atoms with Gasteiger partial charge in [0.15, 0.2) is 0 Å². The molecule has 2 aromatic rings. The number of rotatable bonds is 3. The third-order valence-corrected chi connectivity index (χ3v) is 5.10. The molecule has 2 aliphatic rings. The molecule has 4 rings (SSSR count). The quantitative estimate of drug-likeness (QED) is 0.400. The Kier molecular flexibility index (Phi) is 9.57. The van der Waals surface area contributed by atoms with Gasteiger partial charge in [-0.2, -0.15) is 11.8 Å². The zero-order valence-electron chi connectivity index (χ0n) is 15.6. The number of ether oxygens (including phenoxy) is 1. The van der Waals surface area contributed by atoms with Gasteiger partial charge in [-0.25, -0.2) is 9.49 Å². The van der Waals surface area contributed by atoms with Crippen molar-refractivity contribution in [3.63, 3.8) is 0 Å². The minimum Gasteiger partial charge on any atom is -0.862 e. The summed E-state index contributed by atoms with van der Waals surface area (Å²) in [7, 11) is 1.86. The van der Waals surface area contributed by atoms with Crippen LogP contribution >= 0.6 is 11.6 Å². The fraction of sp³-hybridized carbons (Fsp3) is 0.474. The van der Waals surface area contributed by atoms with E-state index >= 15 is 0 Å². The van der Waals surface area contributed by atoms with Gasteiger partial charge in [0, 0.05) is 13.6 Å². The Bertz CT molecular complexity index is 727. The molecule has 2 aliphatic heterocycles. The normalized spacial score (nSPS) is 22.8. The zero-order chi connectivity index (χ0) is 18.5. The summed E-state index contributed by atoms with van der Waals surface area (Å²) in [6.45, 7) is 2.73. The van der Waals surface area contributed by atoms with Crippen molar-refractivity contribution in [1.29, 1.82) is 0 Å². The molecular weight excluding hydrogens is 394 g/mol. The molecule has 8 heteroatoms. The number of nitrogens with zero attached hydrogens (tertiary/aromatic N) is 4. The molecular formula is C19H21ClFKN4O-2. The number of halogens is 2. The van der Waals surface area contributed by atoms with Gasteiger partial charge < -0.3 is 20.9 Å². The number of aromatic nitrogens is 2. The first kappa shape index (κ1) is 23.2. The molecule has 3 heterocycles. The minimum absolute atomic E-state index is 0. The summed E-state index contributed by atoms with van der Waals surface area (Å²) < 4.78 is 21.3. The van der Waals surface area contributed by atoms with E-state index in [1.807, 2.05) is 7.05 Å². The smallest absolute Gasteiger partial charge is 0.862 e. The standard InChI is InChI=1S/C15H16ClFN2O.C4H5N2.K/c16-14-5-10(6-18)1-2-12(14)13-3-4-19(7-15(13)17)11-8-20-9-11;1-6-4-2-3-5-6;/h2,5-6,11,13,15H,3-4,7-9H2;3-4H,1H3;/q-2;-1;+1/t13?,15-;;/m1../s1. The molecule has 2 atom stereocenters. The third kappa shape index (κ3) is 6.18. The predicted octanol–water partition coefficient (Wildman–Crippen LogP) is -0.121. The van der Waals surface area contributed by atoms with Crippen molar-refractivity contribution in [2.75, 3.05) is 26.3 Å². The fourth-order valence-electron chi connectivity index (χ4n) is 3.19. The molecule has 0 amide bonds. The van der Waals surface area contributed by atoms with Crippen molar-refractivity contribution < 1.29 is 60.5 Å². The Morgan fingerprint density at radius 3 is 2.67 bits per heavy atom. The maximum absolute atomic E-state index is 14.5. The van der Waals surface area contributed by atoms with Crippen LogP contribution in [-0.2, 0) is 11.8 Å². The van der Waals surface area contributed by atoms with Crippen molar-refractivity contribution in [2.24, 2.45) is 7.05 Å². The number of piperidine rings is 1. The number of alkyl halides is 1. The minimum atomic E-state index is -0.931. The van der Waals surface area contributed by atoms with E-state index in [4.69, 9.17) is 21.7 Å². The van der Waals surface area contributed by atoms with E-state index in [0.29, 0.717) is 36.4 Å². The molecule has 0 aliphatic carbocycles. The van der Waals surface area contributed by atoms with Crippen LogP contribution in [0.3, 0.4) is 0 Å². The predicted molar refractivity (Wildman–Crippen MR) is 99.3 cm³/mol. The first-order valence-corrected chi connectivity index (χ1v) is 8.95. The van der Waals surface area contributed by atoms with Gasteiger partial charge in [-0.3, -0.25) is 11.1 Å². The number of hydrogen-bond acceptors (Lipinski definition) is 3. The molecule has 140 valence electrons. The Balaban J connectivity index is 0.000000320. The molecule has 27 heavy (non-hydrogen) atoms. The molecule has 0 N–H and O–H groups in total. The van der Waals surface area contributed by atoms with Crippen molar-refractivity contribution in [1.82, 2.24) is 14.7 Å². The fourth-order valence-corrected chi connectivity index (χ4v) is 3.51. The second-order valence-electron chi connectivity index (χ2n) is 6.53. The SMILES string of the molecule is Cn1c[c-]cn1.[K+].[N-]=Cc1[c-]cc(C2CCN(C3COC3)C[C@H]2F)c(Cl)c1. The molecule has 2 saturated heterocycles. The summed E-state index contributed by atoms with van der Waals surface area (Å²) in [5.41, 5.74) is 1.30. The van der Waals surface area contributed by atoms with Gasteiger partial charge in [-0.15, -0.1) is 41.6 Å². The number of benzene rings is 1. The van der Waals surface area contributed by atoms with Gasteiger partial charge >= 0.3 is 51.4 Å². The average Bonchev–Trinajstić information content (AvgIpc) is 3.05. The van der Waals surface area contributed by atoms with Crippen LogP contribution < -0.4 is 51.4 Å². The van der Waals surface area contributed by atoms with Gasteiger partial charge in [0.2, 0.25) is 0 Å². The number of hydrogen-bond donors (Lipinski definition) is 0. The van der Waals surface area contributed by atoms with Gasteiger partial charge in [0.25, 0.3) is 0 Å². The summed E-state index contributed by atoms with van der Waals surface area (Å²) in [6.07, 6.45) is 4.15. The molecule has 0 saturated carbocycles. The molecule has 5 nitrogen and oxygen atoms in total. The Morgan fingerprint density at radius 2 is 2.22 bits per heavy atom. The van der Waals surface area contributed by atoms with E-state index in [-0.39, 0.29) is 57.3 Å². The molecule has 0 spiro atoms. The molecule has 1 aromatic carbocycles. The van der Waals surface area contributed by atoms with Crippen LogP contribution in [0.2, 0.25) is 5.02 Å². The Labute approximate surface area is 207 Å². The zero-order valence-corrected chi connectivity index (χ0v) is 19.5. The maximum atomic E-state index is 14.5. The van der Waals surface area contributed by atoms with E-state index in [1.54, 1.807) is 29.2 Å². The van der Waals surface area contributed by atoms with Crippen molar-refractivity contribution in [2.45, 2.75) is 24.6 Å². The van der Waals surface area contributed by atoms with Crippen LogP contribution in [0.1, 0.15) is 23.5 Å². The summed E-state index contributed by atoms with van der Waals surface area (Å²) >= 11 is 6.19. The largest absolute Gasteiger partial charge is 1.00 e. The second-order valence-corrected chi connectivity index (χ2v) is 6.94. The number of likely N-dealkylation sites (tertiary alicyclic amines) is 1. The van der Waals surface area contributed by atoms with Crippen LogP contribution in [0.25, 0.3) is 5.41 Å². The van der Waals surface area contributed by atoms with Crippen LogP contribution in [0, 0.1) is 12.1 Å². The topological polar surface area (TPSA) is 52.6 Å². The summed E-state index contributed by atoms with van der Waals surface area (Å²) in [5, 5.41) is 13.2. The van der Waals surface area contributed by atoms with E-state index in [2.05, 4.69) is 22.1 Å². The molecule has 1 unspecified atom stereocenters.